The normalized spacial score (nSPS) is 21.0. The summed E-state index contributed by atoms with van der Waals surface area (Å²) in [6.07, 6.45) is 5.01. The van der Waals surface area contributed by atoms with Gasteiger partial charge in [0.1, 0.15) is 0 Å². The van der Waals surface area contributed by atoms with E-state index < -0.39 is 10.8 Å². The summed E-state index contributed by atoms with van der Waals surface area (Å²) >= 11 is 0. The fraction of sp³-hybridized carbons (Fsp3) is 0.619. The summed E-state index contributed by atoms with van der Waals surface area (Å²) in [4.78, 5) is 16.2. The molecule has 7 heteroatoms. The molecule has 0 radical (unpaired) electrons. The van der Waals surface area contributed by atoms with Crippen LogP contribution in [0.25, 0.3) is 0 Å². The fourth-order valence-electron chi connectivity index (χ4n) is 3.49. The molecular weight excluding hydrogens is 374 g/mol. The first-order valence-electron chi connectivity index (χ1n) is 10.2. The Morgan fingerprint density at radius 2 is 2.00 bits per heavy atom. The van der Waals surface area contributed by atoms with Crippen molar-refractivity contribution >= 4 is 22.7 Å². The molecule has 28 heavy (non-hydrogen) atoms. The molecule has 0 heterocycles. The monoisotopic (exact) mass is 407 g/mol. The maximum atomic E-state index is 12.1. The number of aliphatic imine (C=N–C) groups is 1. The second-order valence-electron chi connectivity index (χ2n) is 7.00. The molecule has 2 rings (SSSR count). The van der Waals surface area contributed by atoms with Crippen LogP contribution in [0.2, 0.25) is 0 Å². The average molecular weight is 408 g/mol. The van der Waals surface area contributed by atoms with Gasteiger partial charge in [0.2, 0.25) is 0 Å². The molecule has 1 aromatic rings. The van der Waals surface area contributed by atoms with Crippen LogP contribution in [0.4, 0.5) is 0 Å². The Hall–Kier alpha value is -1.89. The van der Waals surface area contributed by atoms with Crippen molar-refractivity contribution in [2.24, 2.45) is 4.99 Å². The number of ether oxygens (including phenoxy) is 1. The minimum Gasteiger partial charge on any atom is -0.465 e. The Kier molecular flexibility index (Phi) is 9.47. The fourth-order valence-corrected chi connectivity index (χ4v) is 4.83. The number of esters is 1. The maximum absolute atomic E-state index is 12.1. The number of methoxy groups -OCH3 is 1. The van der Waals surface area contributed by atoms with E-state index in [-0.39, 0.29) is 5.97 Å². The lowest BCUT2D eigenvalue weighted by atomic mass is 9.95. The molecule has 0 bridgehead atoms. The van der Waals surface area contributed by atoms with Crippen molar-refractivity contribution in [3.8, 4) is 0 Å². The van der Waals surface area contributed by atoms with Gasteiger partial charge in [-0.1, -0.05) is 25.5 Å². The number of benzene rings is 1. The zero-order valence-electron chi connectivity index (χ0n) is 17.2. The van der Waals surface area contributed by atoms with Crippen LogP contribution in [0, 0.1) is 0 Å². The third kappa shape index (κ3) is 6.93. The van der Waals surface area contributed by atoms with Crippen LogP contribution < -0.4 is 10.6 Å². The number of rotatable bonds is 8. The molecule has 1 fully saturated rings. The highest BCUT2D eigenvalue weighted by Crippen LogP contribution is 2.23. The first-order chi connectivity index (χ1) is 13.6. The Morgan fingerprint density at radius 3 is 2.64 bits per heavy atom. The molecule has 0 aliphatic heterocycles. The predicted molar refractivity (Wildman–Crippen MR) is 115 cm³/mol. The summed E-state index contributed by atoms with van der Waals surface area (Å²) in [6, 6.07) is 7.77. The molecule has 0 spiro atoms. The highest BCUT2D eigenvalue weighted by atomic mass is 32.2. The molecular formula is C21H33N3O3S. The number of hydrogen-bond donors (Lipinski definition) is 2. The second kappa shape index (κ2) is 11.8. The number of hydrogen-bond acceptors (Lipinski definition) is 4. The smallest absolute Gasteiger partial charge is 0.337 e. The van der Waals surface area contributed by atoms with Gasteiger partial charge in [0.25, 0.3) is 0 Å². The number of nitrogens with one attached hydrogen (secondary N) is 2. The molecule has 3 unspecified atom stereocenters. The highest BCUT2D eigenvalue weighted by molar-refractivity contribution is 7.85. The molecule has 0 saturated heterocycles. The van der Waals surface area contributed by atoms with E-state index in [1.165, 1.54) is 7.11 Å². The van der Waals surface area contributed by atoms with Gasteiger partial charge in [-0.2, -0.15) is 0 Å². The quantitative estimate of drug-likeness (QED) is 0.393. The molecule has 156 valence electrons. The lowest BCUT2D eigenvalue weighted by Crippen LogP contribution is -2.46. The van der Waals surface area contributed by atoms with E-state index >= 15 is 0 Å². The molecule has 0 aromatic heterocycles. The molecule has 1 aromatic carbocycles. The second-order valence-corrected chi connectivity index (χ2v) is 9.00. The maximum Gasteiger partial charge on any atom is 0.337 e. The third-order valence-corrected chi connectivity index (χ3v) is 6.75. The summed E-state index contributed by atoms with van der Waals surface area (Å²) in [5, 5.41) is 7.13. The number of nitrogens with zero attached hydrogens (tertiary/aromatic N) is 1. The van der Waals surface area contributed by atoms with Crippen LogP contribution in [-0.4, -0.2) is 53.4 Å². The Balaban J connectivity index is 1.89. The van der Waals surface area contributed by atoms with Crippen molar-refractivity contribution in [1.29, 1.82) is 0 Å². The molecule has 0 amide bonds. The number of carbonyl (C=O) groups is 1. The summed E-state index contributed by atoms with van der Waals surface area (Å²) in [5.41, 5.74) is 1.68. The zero-order chi connectivity index (χ0) is 20.4. The Labute approximate surface area is 171 Å². The van der Waals surface area contributed by atoms with Gasteiger partial charge >= 0.3 is 5.97 Å². The minimum absolute atomic E-state index is 0.299. The van der Waals surface area contributed by atoms with E-state index in [2.05, 4.69) is 17.6 Å². The Bertz CT molecular complexity index is 676. The van der Waals surface area contributed by atoms with Crippen LogP contribution in [0.15, 0.2) is 29.3 Å². The lowest BCUT2D eigenvalue weighted by Gasteiger charge is -2.30. The molecule has 1 saturated carbocycles. The average Bonchev–Trinajstić information content (AvgIpc) is 2.73. The van der Waals surface area contributed by atoms with E-state index in [1.807, 2.05) is 19.1 Å². The van der Waals surface area contributed by atoms with Crippen LogP contribution in [0.5, 0.6) is 0 Å². The summed E-state index contributed by atoms with van der Waals surface area (Å²) in [5.74, 6) is 1.24. The summed E-state index contributed by atoms with van der Waals surface area (Å²) < 4.78 is 16.9. The van der Waals surface area contributed by atoms with Gasteiger partial charge in [0, 0.05) is 40.9 Å². The van der Waals surface area contributed by atoms with E-state index in [0.717, 1.165) is 55.9 Å². The SMILES string of the molecule is CCNC(=NCCc1ccc(C(=O)OC)cc1)NC1CCCC(S(=O)CC)C1. The van der Waals surface area contributed by atoms with Crippen molar-refractivity contribution in [3.63, 3.8) is 0 Å². The van der Waals surface area contributed by atoms with E-state index in [9.17, 15) is 9.00 Å². The first kappa shape index (κ1) is 22.4. The van der Waals surface area contributed by atoms with Crippen LogP contribution in [0.1, 0.15) is 55.5 Å². The van der Waals surface area contributed by atoms with Crippen molar-refractivity contribution in [3.05, 3.63) is 35.4 Å². The van der Waals surface area contributed by atoms with Crippen molar-refractivity contribution in [2.45, 2.75) is 57.2 Å². The third-order valence-electron chi connectivity index (χ3n) is 5.01. The largest absolute Gasteiger partial charge is 0.465 e. The van der Waals surface area contributed by atoms with Gasteiger partial charge < -0.3 is 15.4 Å². The van der Waals surface area contributed by atoms with Crippen molar-refractivity contribution in [1.82, 2.24) is 10.6 Å². The number of carbonyl (C=O) groups excluding carboxylic acids is 1. The van der Waals surface area contributed by atoms with Gasteiger partial charge in [0.15, 0.2) is 5.96 Å². The molecule has 2 N–H and O–H groups in total. The minimum atomic E-state index is -0.722. The van der Waals surface area contributed by atoms with Crippen LogP contribution in [-0.2, 0) is 22.0 Å². The predicted octanol–water partition coefficient (Wildman–Crippen LogP) is 2.65. The molecule has 1 aliphatic rings. The lowest BCUT2D eigenvalue weighted by molar-refractivity contribution is 0.0600. The molecule has 6 nitrogen and oxygen atoms in total. The van der Waals surface area contributed by atoms with E-state index in [4.69, 9.17) is 9.73 Å². The zero-order valence-corrected chi connectivity index (χ0v) is 18.0. The number of guanidine groups is 1. The summed E-state index contributed by atoms with van der Waals surface area (Å²) in [7, 11) is 0.661. The topological polar surface area (TPSA) is 79.8 Å². The Morgan fingerprint density at radius 1 is 1.25 bits per heavy atom. The standard InChI is InChI=1S/C21H33N3O3S/c1-4-22-21(24-18-7-6-8-19(15-18)28(26)5-2)23-14-13-16-9-11-17(12-10-16)20(25)27-3/h9-12,18-19H,4-8,13-15H2,1-3H3,(H2,22,23,24). The van der Waals surface area contributed by atoms with Crippen LogP contribution >= 0.6 is 0 Å². The van der Waals surface area contributed by atoms with E-state index in [0.29, 0.717) is 23.4 Å². The van der Waals surface area contributed by atoms with Crippen molar-refractivity contribution < 1.29 is 13.7 Å². The van der Waals surface area contributed by atoms with Gasteiger partial charge in [0.05, 0.1) is 12.7 Å². The first-order valence-corrected chi connectivity index (χ1v) is 11.5. The molecule has 3 atom stereocenters. The highest BCUT2D eigenvalue weighted by Gasteiger charge is 2.25. The van der Waals surface area contributed by atoms with Crippen molar-refractivity contribution in [2.75, 3.05) is 26.0 Å². The van der Waals surface area contributed by atoms with Gasteiger partial charge in [-0.25, -0.2) is 4.79 Å². The molecule has 1 aliphatic carbocycles. The van der Waals surface area contributed by atoms with Gasteiger partial charge in [-0.05, 0) is 50.3 Å². The van der Waals surface area contributed by atoms with Gasteiger partial charge in [-0.3, -0.25) is 9.20 Å². The summed E-state index contributed by atoms with van der Waals surface area (Å²) in [6.45, 7) is 5.51. The van der Waals surface area contributed by atoms with Gasteiger partial charge in [-0.15, -0.1) is 0 Å². The van der Waals surface area contributed by atoms with E-state index in [1.54, 1.807) is 12.1 Å². The van der Waals surface area contributed by atoms with Crippen LogP contribution in [0.3, 0.4) is 0 Å².